The van der Waals surface area contributed by atoms with Gasteiger partial charge >= 0.3 is 0 Å². The summed E-state index contributed by atoms with van der Waals surface area (Å²) in [5, 5.41) is 0. The SMILES string of the molecule is CC(C)C=NC(C(C)C)C(C)C. The molecule has 0 heterocycles. The van der Waals surface area contributed by atoms with Gasteiger partial charge in [-0.2, -0.15) is 0 Å². The monoisotopic (exact) mass is 169 g/mol. The second-order valence-corrected chi connectivity index (χ2v) is 4.52. The third-order valence-corrected chi connectivity index (χ3v) is 1.92. The quantitative estimate of drug-likeness (QED) is 0.572. The van der Waals surface area contributed by atoms with Crippen molar-refractivity contribution in [2.45, 2.75) is 47.6 Å². The predicted molar refractivity (Wildman–Crippen MR) is 56.8 cm³/mol. The number of hydrogen-bond donors (Lipinski definition) is 0. The predicted octanol–water partition coefficient (Wildman–Crippen LogP) is 3.39. The van der Waals surface area contributed by atoms with Crippen LogP contribution in [0, 0.1) is 17.8 Å². The summed E-state index contributed by atoms with van der Waals surface area (Å²) in [6.45, 7) is 13.3. The summed E-state index contributed by atoms with van der Waals surface area (Å²) in [4.78, 5) is 4.60. The van der Waals surface area contributed by atoms with E-state index in [-0.39, 0.29) is 0 Å². The topological polar surface area (TPSA) is 12.4 Å². The molecule has 0 N–H and O–H groups in total. The summed E-state index contributed by atoms with van der Waals surface area (Å²) < 4.78 is 0. The van der Waals surface area contributed by atoms with Crippen molar-refractivity contribution in [3.05, 3.63) is 0 Å². The first kappa shape index (κ1) is 11.7. The third-order valence-electron chi connectivity index (χ3n) is 1.92. The Labute approximate surface area is 77.3 Å². The van der Waals surface area contributed by atoms with Crippen molar-refractivity contribution in [1.82, 2.24) is 0 Å². The highest BCUT2D eigenvalue weighted by molar-refractivity contribution is 5.59. The van der Waals surface area contributed by atoms with Crippen LogP contribution >= 0.6 is 0 Å². The zero-order valence-electron chi connectivity index (χ0n) is 9.33. The van der Waals surface area contributed by atoms with E-state index in [0.29, 0.717) is 23.8 Å². The maximum atomic E-state index is 4.60. The van der Waals surface area contributed by atoms with Crippen molar-refractivity contribution in [2.24, 2.45) is 22.7 Å². The van der Waals surface area contributed by atoms with Crippen LogP contribution in [0.4, 0.5) is 0 Å². The third kappa shape index (κ3) is 4.53. The van der Waals surface area contributed by atoms with Gasteiger partial charge in [0.25, 0.3) is 0 Å². The van der Waals surface area contributed by atoms with E-state index in [4.69, 9.17) is 0 Å². The van der Waals surface area contributed by atoms with E-state index >= 15 is 0 Å². The highest BCUT2D eigenvalue weighted by Crippen LogP contribution is 2.15. The second-order valence-electron chi connectivity index (χ2n) is 4.52. The number of rotatable bonds is 4. The van der Waals surface area contributed by atoms with Gasteiger partial charge in [0.1, 0.15) is 0 Å². The largest absolute Gasteiger partial charge is 0.293 e. The lowest BCUT2D eigenvalue weighted by molar-refractivity contribution is 0.389. The highest BCUT2D eigenvalue weighted by atomic mass is 14.8. The minimum absolute atomic E-state index is 0.493. The number of aliphatic imine (C=N–C) groups is 1. The van der Waals surface area contributed by atoms with Gasteiger partial charge in [-0.25, -0.2) is 0 Å². The average molecular weight is 169 g/mol. The normalized spacial score (nSPS) is 13.2. The second kappa shape index (κ2) is 5.34. The summed E-state index contributed by atoms with van der Waals surface area (Å²) in [6.07, 6.45) is 2.07. The van der Waals surface area contributed by atoms with Crippen molar-refractivity contribution in [3.63, 3.8) is 0 Å². The minimum atomic E-state index is 0.493. The molecule has 0 aromatic rings. The van der Waals surface area contributed by atoms with Crippen LogP contribution in [0.25, 0.3) is 0 Å². The zero-order chi connectivity index (χ0) is 9.72. The Morgan fingerprint density at radius 2 is 1.25 bits per heavy atom. The fraction of sp³-hybridized carbons (Fsp3) is 0.909. The molecule has 0 saturated heterocycles. The molecule has 0 spiro atoms. The molecule has 1 nitrogen and oxygen atoms in total. The number of nitrogens with zero attached hydrogens (tertiary/aromatic N) is 1. The van der Waals surface area contributed by atoms with Crippen molar-refractivity contribution in [2.75, 3.05) is 0 Å². The lowest BCUT2D eigenvalue weighted by Gasteiger charge is -2.20. The van der Waals surface area contributed by atoms with Gasteiger partial charge in [0, 0.05) is 6.21 Å². The van der Waals surface area contributed by atoms with Gasteiger partial charge in [-0.15, -0.1) is 0 Å². The van der Waals surface area contributed by atoms with Crippen molar-refractivity contribution < 1.29 is 0 Å². The smallest absolute Gasteiger partial charge is 0.0541 e. The molecular formula is C11H23N. The molecule has 0 amide bonds. The molecule has 0 aromatic heterocycles. The molecule has 0 radical (unpaired) electrons. The van der Waals surface area contributed by atoms with Crippen LogP contribution in [0.15, 0.2) is 4.99 Å². The maximum absolute atomic E-state index is 4.60. The summed E-state index contributed by atoms with van der Waals surface area (Å²) in [6, 6.07) is 0.493. The molecule has 0 atom stereocenters. The minimum Gasteiger partial charge on any atom is -0.293 e. The summed E-state index contributed by atoms with van der Waals surface area (Å²) in [7, 11) is 0. The molecule has 72 valence electrons. The van der Waals surface area contributed by atoms with E-state index in [1.54, 1.807) is 0 Å². The van der Waals surface area contributed by atoms with Gasteiger partial charge in [0.15, 0.2) is 0 Å². The molecule has 1 heteroatoms. The van der Waals surface area contributed by atoms with Gasteiger partial charge in [-0.3, -0.25) is 4.99 Å². The summed E-state index contributed by atoms with van der Waals surface area (Å²) in [5.74, 6) is 1.88. The first-order valence-corrected chi connectivity index (χ1v) is 4.98. The van der Waals surface area contributed by atoms with Crippen LogP contribution in [-0.4, -0.2) is 12.3 Å². The lowest BCUT2D eigenvalue weighted by Crippen LogP contribution is -2.20. The first-order chi connectivity index (χ1) is 5.45. The molecule has 12 heavy (non-hydrogen) atoms. The van der Waals surface area contributed by atoms with Gasteiger partial charge in [0.2, 0.25) is 0 Å². The summed E-state index contributed by atoms with van der Waals surface area (Å²) >= 11 is 0. The lowest BCUT2D eigenvalue weighted by atomic mass is 9.94. The molecule has 0 rings (SSSR count). The van der Waals surface area contributed by atoms with Gasteiger partial charge < -0.3 is 0 Å². The molecule has 0 bridgehead atoms. The van der Waals surface area contributed by atoms with Crippen LogP contribution in [0.5, 0.6) is 0 Å². The Kier molecular flexibility index (Phi) is 5.19. The van der Waals surface area contributed by atoms with Gasteiger partial charge in [0.05, 0.1) is 6.04 Å². The Morgan fingerprint density at radius 3 is 1.50 bits per heavy atom. The standard InChI is InChI=1S/C11H23N/c1-8(2)7-12-11(9(3)4)10(5)6/h7-11H,1-6H3. The van der Waals surface area contributed by atoms with E-state index in [0.717, 1.165) is 0 Å². The Hall–Kier alpha value is -0.330. The molecule has 0 unspecified atom stereocenters. The fourth-order valence-electron chi connectivity index (χ4n) is 1.39. The maximum Gasteiger partial charge on any atom is 0.0541 e. The molecular weight excluding hydrogens is 146 g/mol. The Bertz CT molecular complexity index is 126. The fourth-order valence-corrected chi connectivity index (χ4v) is 1.39. The van der Waals surface area contributed by atoms with Gasteiger partial charge in [-0.1, -0.05) is 41.5 Å². The molecule has 0 aliphatic rings. The molecule has 0 fully saturated rings. The average Bonchev–Trinajstić information content (AvgIpc) is 1.84. The van der Waals surface area contributed by atoms with E-state index in [1.165, 1.54) is 0 Å². The van der Waals surface area contributed by atoms with E-state index in [2.05, 4.69) is 52.7 Å². The highest BCUT2D eigenvalue weighted by Gasteiger charge is 2.14. The van der Waals surface area contributed by atoms with Crippen LogP contribution in [0.3, 0.4) is 0 Å². The van der Waals surface area contributed by atoms with Crippen LogP contribution in [0.2, 0.25) is 0 Å². The molecule has 0 aliphatic carbocycles. The van der Waals surface area contributed by atoms with E-state index in [1.807, 2.05) is 0 Å². The van der Waals surface area contributed by atoms with Gasteiger partial charge in [-0.05, 0) is 17.8 Å². The van der Waals surface area contributed by atoms with Crippen LogP contribution < -0.4 is 0 Å². The van der Waals surface area contributed by atoms with Crippen LogP contribution in [0.1, 0.15) is 41.5 Å². The number of hydrogen-bond acceptors (Lipinski definition) is 1. The van der Waals surface area contributed by atoms with Crippen molar-refractivity contribution >= 4 is 6.21 Å². The Balaban J connectivity index is 4.14. The first-order valence-electron chi connectivity index (χ1n) is 4.98. The zero-order valence-corrected chi connectivity index (χ0v) is 9.33. The van der Waals surface area contributed by atoms with E-state index in [9.17, 15) is 0 Å². The summed E-state index contributed by atoms with van der Waals surface area (Å²) in [5.41, 5.74) is 0. The molecule has 0 saturated carbocycles. The van der Waals surface area contributed by atoms with E-state index < -0.39 is 0 Å². The van der Waals surface area contributed by atoms with Crippen molar-refractivity contribution in [1.29, 1.82) is 0 Å². The molecule has 0 aromatic carbocycles. The Morgan fingerprint density at radius 1 is 0.833 bits per heavy atom. The van der Waals surface area contributed by atoms with Crippen LogP contribution in [-0.2, 0) is 0 Å². The van der Waals surface area contributed by atoms with Crippen molar-refractivity contribution in [3.8, 4) is 0 Å². The molecule has 0 aliphatic heterocycles.